The highest BCUT2D eigenvalue weighted by Gasteiger charge is 2.44. The highest BCUT2D eigenvalue weighted by molar-refractivity contribution is 5.79. The molecule has 2 aromatic rings. The van der Waals surface area contributed by atoms with Crippen molar-refractivity contribution < 1.29 is 39.8 Å². The zero-order valence-electron chi connectivity index (χ0n) is 14.9. The van der Waals surface area contributed by atoms with Crippen LogP contribution in [0.3, 0.4) is 0 Å². The molecule has 150 valence electrons. The standard InChI is InChI=1S/C20H22O8/c21-10-15-17(24)18(25)19(26)20(28-15)27-14-8-4-3-7-13(14)12-6-2-1-5-11(12)9-16(22)23/h1-8,15,17-21,24-26H,9-10H2,(H,22,23)/t15-,17-,18+,19+,20+/m1/s1. The highest BCUT2D eigenvalue weighted by atomic mass is 16.7. The van der Waals surface area contributed by atoms with Gasteiger partial charge in [-0.2, -0.15) is 0 Å². The summed E-state index contributed by atoms with van der Waals surface area (Å²) < 4.78 is 11.2. The number of hydrogen-bond acceptors (Lipinski definition) is 7. The van der Waals surface area contributed by atoms with Gasteiger partial charge >= 0.3 is 5.97 Å². The Morgan fingerprint density at radius 2 is 1.57 bits per heavy atom. The molecule has 1 aliphatic rings. The maximum atomic E-state index is 11.2. The molecule has 2 aromatic carbocycles. The third-order valence-electron chi connectivity index (χ3n) is 4.63. The van der Waals surface area contributed by atoms with Crippen LogP contribution in [0.2, 0.25) is 0 Å². The molecule has 0 unspecified atom stereocenters. The second kappa shape index (κ2) is 8.68. The maximum absolute atomic E-state index is 11.2. The van der Waals surface area contributed by atoms with E-state index in [0.717, 1.165) is 0 Å². The Morgan fingerprint density at radius 1 is 0.929 bits per heavy atom. The van der Waals surface area contributed by atoms with Crippen LogP contribution >= 0.6 is 0 Å². The fourth-order valence-corrected chi connectivity index (χ4v) is 3.18. The van der Waals surface area contributed by atoms with Gasteiger partial charge in [0.2, 0.25) is 6.29 Å². The summed E-state index contributed by atoms with van der Waals surface area (Å²) in [6, 6.07) is 13.8. The Hall–Kier alpha value is -2.49. The predicted octanol–water partition coefficient (Wildman–Crippen LogP) is 0.159. The smallest absolute Gasteiger partial charge is 0.307 e. The Labute approximate surface area is 161 Å². The van der Waals surface area contributed by atoms with E-state index in [2.05, 4.69) is 0 Å². The fourth-order valence-electron chi connectivity index (χ4n) is 3.18. The van der Waals surface area contributed by atoms with Gasteiger partial charge in [0.05, 0.1) is 13.0 Å². The number of carbonyl (C=O) groups is 1. The molecule has 5 atom stereocenters. The molecule has 0 radical (unpaired) electrons. The zero-order valence-corrected chi connectivity index (χ0v) is 14.9. The van der Waals surface area contributed by atoms with Crippen LogP contribution in [0.15, 0.2) is 48.5 Å². The number of aliphatic hydroxyl groups excluding tert-OH is 4. The van der Waals surface area contributed by atoms with Gasteiger partial charge in [-0.25, -0.2) is 0 Å². The highest BCUT2D eigenvalue weighted by Crippen LogP contribution is 2.34. The van der Waals surface area contributed by atoms with Crippen molar-refractivity contribution in [3.05, 3.63) is 54.1 Å². The van der Waals surface area contributed by atoms with Gasteiger partial charge in [-0.1, -0.05) is 42.5 Å². The first kappa shape index (κ1) is 20.2. The molecule has 3 rings (SSSR count). The third kappa shape index (κ3) is 4.16. The van der Waals surface area contributed by atoms with Crippen molar-refractivity contribution in [2.75, 3.05) is 6.61 Å². The molecule has 28 heavy (non-hydrogen) atoms. The lowest BCUT2D eigenvalue weighted by atomic mass is 9.96. The average molecular weight is 390 g/mol. The Balaban J connectivity index is 1.93. The van der Waals surface area contributed by atoms with Crippen molar-refractivity contribution in [2.45, 2.75) is 37.1 Å². The molecule has 8 heteroatoms. The summed E-state index contributed by atoms with van der Waals surface area (Å²) in [5, 5.41) is 48.5. The number of para-hydroxylation sites is 1. The van der Waals surface area contributed by atoms with Crippen molar-refractivity contribution in [3.63, 3.8) is 0 Å². The Kier molecular flexibility index (Phi) is 6.28. The first-order valence-electron chi connectivity index (χ1n) is 8.78. The van der Waals surface area contributed by atoms with Crippen LogP contribution in [0.25, 0.3) is 11.1 Å². The summed E-state index contributed by atoms with van der Waals surface area (Å²) in [6.45, 7) is -0.562. The third-order valence-corrected chi connectivity index (χ3v) is 4.63. The van der Waals surface area contributed by atoms with Crippen LogP contribution in [-0.4, -0.2) is 68.8 Å². The van der Waals surface area contributed by atoms with Crippen LogP contribution in [-0.2, 0) is 16.0 Å². The van der Waals surface area contributed by atoms with Gasteiger partial charge in [-0.05, 0) is 17.2 Å². The average Bonchev–Trinajstić information content (AvgIpc) is 2.69. The molecule has 1 aliphatic heterocycles. The van der Waals surface area contributed by atoms with Crippen LogP contribution in [0.5, 0.6) is 5.75 Å². The summed E-state index contributed by atoms with van der Waals surface area (Å²) in [4.78, 5) is 11.2. The molecule has 0 spiro atoms. The molecule has 8 nitrogen and oxygen atoms in total. The lowest BCUT2D eigenvalue weighted by Crippen LogP contribution is -2.60. The van der Waals surface area contributed by atoms with Crippen LogP contribution < -0.4 is 4.74 Å². The fraction of sp³-hybridized carbons (Fsp3) is 0.350. The predicted molar refractivity (Wildman–Crippen MR) is 97.6 cm³/mol. The van der Waals surface area contributed by atoms with E-state index >= 15 is 0 Å². The number of aliphatic hydroxyl groups is 4. The first-order valence-corrected chi connectivity index (χ1v) is 8.78. The summed E-state index contributed by atoms with van der Waals surface area (Å²) in [5.74, 6) is -0.676. The molecule has 0 saturated carbocycles. The minimum atomic E-state index is -1.55. The minimum absolute atomic E-state index is 0.176. The number of carboxylic acid groups (broad SMARTS) is 1. The Morgan fingerprint density at radius 3 is 2.25 bits per heavy atom. The lowest BCUT2D eigenvalue weighted by molar-refractivity contribution is -0.277. The summed E-state index contributed by atoms with van der Waals surface area (Å²) >= 11 is 0. The number of rotatable bonds is 6. The number of hydrogen-bond donors (Lipinski definition) is 5. The zero-order chi connectivity index (χ0) is 20.3. The second-order valence-corrected chi connectivity index (χ2v) is 6.54. The van der Waals surface area contributed by atoms with E-state index in [0.29, 0.717) is 22.4 Å². The largest absolute Gasteiger partial charge is 0.481 e. The van der Waals surface area contributed by atoms with Gasteiger partial charge in [0.15, 0.2) is 0 Å². The van der Waals surface area contributed by atoms with Gasteiger partial charge in [-0.15, -0.1) is 0 Å². The van der Waals surface area contributed by atoms with E-state index in [9.17, 15) is 25.2 Å². The van der Waals surface area contributed by atoms with Gasteiger partial charge in [0.1, 0.15) is 30.2 Å². The Bertz CT molecular complexity index is 821. The molecule has 0 bridgehead atoms. The summed E-state index contributed by atoms with van der Waals surface area (Å²) in [5.41, 5.74) is 1.81. The monoisotopic (exact) mass is 390 g/mol. The number of carboxylic acids is 1. The van der Waals surface area contributed by atoms with Crippen molar-refractivity contribution in [2.24, 2.45) is 0 Å². The normalized spacial score (nSPS) is 27.4. The number of ether oxygens (including phenoxy) is 2. The second-order valence-electron chi connectivity index (χ2n) is 6.54. The van der Waals surface area contributed by atoms with Crippen LogP contribution in [0.1, 0.15) is 5.56 Å². The van der Waals surface area contributed by atoms with Crippen molar-refractivity contribution >= 4 is 5.97 Å². The van der Waals surface area contributed by atoms with E-state index < -0.39 is 43.3 Å². The van der Waals surface area contributed by atoms with E-state index in [-0.39, 0.29) is 6.42 Å². The van der Waals surface area contributed by atoms with E-state index in [1.54, 1.807) is 48.5 Å². The quantitative estimate of drug-likeness (QED) is 0.470. The number of benzene rings is 2. The van der Waals surface area contributed by atoms with Gasteiger partial charge < -0.3 is 35.0 Å². The van der Waals surface area contributed by atoms with Gasteiger partial charge in [-0.3, -0.25) is 4.79 Å². The molecule has 1 fully saturated rings. The van der Waals surface area contributed by atoms with Crippen LogP contribution in [0, 0.1) is 0 Å². The van der Waals surface area contributed by atoms with Crippen molar-refractivity contribution in [1.82, 2.24) is 0 Å². The van der Waals surface area contributed by atoms with E-state index in [4.69, 9.17) is 14.6 Å². The SMILES string of the molecule is O=C(O)Cc1ccccc1-c1ccccc1O[C@H]1O[C@H](CO)[C@@H](O)[C@H](O)[C@@H]1O. The molecule has 0 amide bonds. The summed E-state index contributed by atoms with van der Waals surface area (Å²) in [7, 11) is 0. The lowest BCUT2D eigenvalue weighted by Gasteiger charge is -2.39. The topological polar surface area (TPSA) is 137 Å². The van der Waals surface area contributed by atoms with Crippen molar-refractivity contribution in [3.8, 4) is 16.9 Å². The van der Waals surface area contributed by atoms with E-state index in [1.807, 2.05) is 0 Å². The maximum Gasteiger partial charge on any atom is 0.307 e. The summed E-state index contributed by atoms with van der Waals surface area (Å²) in [6.07, 6.45) is -7.17. The van der Waals surface area contributed by atoms with Gasteiger partial charge in [0, 0.05) is 5.56 Å². The first-order chi connectivity index (χ1) is 13.4. The number of aliphatic carboxylic acids is 1. The van der Waals surface area contributed by atoms with Gasteiger partial charge in [0.25, 0.3) is 0 Å². The molecular formula is C20H22O8. The van der Waals surface area contributed by atoms with Crippen LogP contribution in [0.4, 0.5) is 0 Å². The van der Waals surface area contributed by atoms with Crippen molar-refractivity contribution in [1.29, 1.82) is 0 Å². The molecule has 0 aromatic heterocycles. The minimum Gasteiger partial charge on any atom is -0.481 e. The van der Waals surface area contributed by atoms with E-state index in [1.165, 1.54) is 0 Å². The molecule has 1 heterocycles. The molecule has 0 aliphatic carbocycles. The molecular weight excluding hydrogens is 368 g/mol. The molecule has 1 saturated heterocycles. The molecule has 5 N–H and O–H groups in total.